The van der Waals surface area contributed by atoms with Crippen LogP contribution in [-0.2, 0) is 6.42 Å². The molecule has 0 fully saturated rings. The molecule has 3 heteroatoms. The Labute approximate surface area is 197 Å². The third kappa shape index (κ3) is 4.49. The van der Waals surface area contributed by atoms with E-state index in [9.17, 15) is 0 Å². The molecular weight excluding hydrogens is 404 g/mol. The van der Waals surface area contributed by atoms with Crippen molar-refractivity contribution in [1.82, 2.24) is 0 Å². The average Bonchev–Trinajstić information content (AvgIpc) is 3.19. The number of benzene rings is 3. The first-order chi connectivity index (χ1) is 16.3. The van der Waals surface area contributed by atoms with Gasteiger partial charge in [-0.1, -0.05) is 69.7 Å². The molecule has 3 nitrogen and oxygen atoms in total. The van der Waals surface area contributed by atoms with E-state index >= 15 is 0 Å². The predicted molar refractivity (Wildman–Crippen MR) is 139 cm³/mol. The number of nitrogens with zero attached hydrogens (tertiary/aromatic N) is 2. The second-order valence-corrected chi connectivity index (χ2v) is 7.99. The third-order valence-corrected chi connectivity index (χ3v) is 5.92. The molecule has 0 aliphatic carbocycles. The summed E-state index contributed by atoms with van der Waals surface area (Å²) in [4.78, 5) is 2.12. The first kappa shape index (κ1) is 22.6. The molecule has 0 amide bonds. The van der Waals surface area contributed by atoms with Crippen molar-refractivity contribution in [2.75, 3.05) is 11.9 Å². The zero-order valence-electron chi connectivity index (χ0n) is 20.1. The van der Waals surface area contributed by atoms with Gasteiger partial charge in [-0.2, -0.15) is 4.57 Å². The highest BCUT2D eigenvalue weighted by Crippen LogP contribution is 2.38. The number of pyridine rings is 1. The second-order valence-electron chi connectivity index (χ2n) is 7.99. The number of aryl methyl sites for hydroxylation is 1. The fourth-order valence-electron chi connectivity index (χ4n) is 4.31. The van der Waals surface area contributed by atoms with E-state index in [1.807, 2.05) is 32.0 Å². The normalized spacial score (nSPS) is 13.5. The number of ether oxygens (including phenoxy) is 1. The molecule has 0 spiro atoms. The summed E-state index contributed by atoms with van der Waals surface area (Å²) in [6, 6.07) is 29.8. The lowest BCUT2D eigenvalue weighted by Crippen LogP contribution is -2.37. The molecule has 0 saturated heterocycles. The van der Waals surface area contributed by atoms with Crippen molar-refractivity contribution in [2.45, 2.75) is 40.0 Å². The summed E-state index contributed by atoms with van der Waals surface area (Å²) < 4.78 is 8.59. The van der Waals surface area contributed by atoms with Crippen LogP contribution in [0.1, 0.15) is 44.9 Å². The highest BCUT2D eigenvalue weighted by atomic mass is 16.5. The van der Waals surface area contributed by atoms with Crippen molar-refractivity contribution in [1.29, 1.82) is 0 Å². The summed E-state index contributed by atoms with van der Waals surface area (Å²) in [5, 5.41) is 1.21. The van der Waals surface area contributed by atoms with Crippen molar-refractivity contribution in [3.05, 3.63) is 102 Å². The van der Waals surface area contributed by atoms with E-state index in [4.69, 9.17) is 4.74 Å². The highest BCUT2D eigenvalue weighted by Gasteiger charge is 2.25. The Morgan fingerprint density at radius 2 is 1.58 bits per heavy atom. The van der Waals surface area contributed by atoms with Gasteiger partial charge in [-0.3, -0.25) is 0 Å². The second kappa shape index (κ2) is 10.4. The average molecular weight is 438 g/mol. The molecule has 4 aromatic rings. The van der Waals surface area contributed by atoms with Crippen molar-refractivity contribution in [3.8, 4) is 11.4 Å². The van der Waals surface area contributed by atoms with Gasteiger partial charge in [0, 0.05) is 43.8 Å². The van der Waals surface area contributed by atoms with Crippen molar-refractivity contribution < 1.29 is 9.30 Å². The minimum Gasteiger partial charge on any atom is -0.439 e. The SMILES string of the molecule is CC.CCCCc1cc(/C=C2\Oc3ccccc3N2C)c2ccccc2[n+]1-c1ccccc1. The van der Waals surface area contributed by atoms with E-state index in [2.05, 4.69) is 96.2 Å². The first-order valence-electron chi connectivity index (χ1n) is 12.0. The van der Waals surface area contributed by atoms with Crippen LogP contribution in [0, 0.1) is 0 Å². The Morgan fingerprint density at radius 3 is 2.33 bits per heavy atom. The fourth-order valence-corrected chi connectivity index (χ4v) is 4.31. The Hall–Kier alpha value is -3.59. The standard InChI is InChI=1S/C28H27N2O.C2H6/c1-3-4-12-23-19-21(20-28-29(2)26-17-10-11-18-27(26)31-28)24-15-8-9-16-25(24)30(23)22-13-6-5-7-14-22;1-2/h5-11,13-20H,3-4,12H2,1-2H3;1-2H3/q+1;. The molecule has 1 aliphatic heterocycles. The summed E-state index contributed by atoms with van der Waals surface area (Å²) in [7, 11) is 2.06. The van der Waals surface area contributed by atoms with Crippen molar-refractivity contribution >= 4 is 22.7 Å². The van der Waals surface area contributed by atoms with Crippen LogP contribution in [0.2, 0.25) is 0 Å². The molecular formula is C30H33N2O+. The van der Waals surface area contributed by atoms with E-state index in [1.165, 1.54) is 34.3 Å². The molecule has 0 atom stereocenters. The number of hydrogen-bond donors (Lipinski definition) is 0. The van der Waals surface area contributed by atoms with E-state index < -0.39 is 0 Å². The summed E-state index contributed by atoms with van der Waals surface area (Å²) >= 11 is 0. The lowest BCUT2D eigenvalue weighted by Gasteiger charge is -2.13. The molecule has 0 saturated carbocycles. The van der Waals surface area contributed by atoms with Gasteiger partial charge in [0.05, 0.1) is 11.1 Å². The topological polar surface area (TPSA) is 16.4 Å². The van der Waals surface area contributed by atoms with Gasteiger partial charge in [0.25, 0.3) is 0 Å². The lowest BCUT2D eigenvalue weighted by molar-refractivity contribution is -0.576. The largest absolute Gasteiger partial charge is 0.439 e. The smallest absolute Gasteiger partial charge is 0.219 e. The van der Waals surface area contributed by atoms with Crippen LogP contribution in [0.15, 0.2) is 90.8 Å². The molecule has 0 N–H and O–H groups in total. The van der Waals surface area contributed by atoms with Crippen LogP contribution in [0.4, 0.5) is 5.69 Å². The molecule has 2 heterocycles. The van der Waals surface area contributed by atoms with Gasteiger partial charge in [0.2, 0.25) is 17.1 Å². The van der Waals surface area contributed by atoms with Crippen LogP contribution in [-0.4, -0.2) is 7.05 Å². The quantitative estimate of drug-likeness (QED) is 0.304. The van der Waals surface area contributed by atoms with E-state index in [0.717, 1.165) is 30.2 Å². The molecule has 1 aromatic heterocycles. The molecule has 5 rings (SSSR count). The molecule has 0 bridgehead atoms. The number of unbranched alkanes of at least 4 members (excludes halogenated alkanes) is 1. The van der Waals surface area contributed by atoms with Gasteiger partial charge in [-0.15, -0.1) is 0 Å². The number of para-hydroxylation sites is 4. The highest BCUT2D eigenvalue weighted by molar-refractivity contribution is 5.87. The van der Waals surface area contributed by atoms with Crippen molar-refractivity contribution in [2.24, 2.45) is 0 Å². The van der Waals surface area contributed by atoms with Gasteiger partial charge >= 0.3 is 0 Å². The van der Waals surface area contributed by atoms with Crippen LogP contribution in [0.3, 0.4) is 0 Å². The Balaban J connectivity index is 0.00000126. The van der Waals surface area contributed by atoms with Crippen LogP contribution in [0.25, 0.3) is 22.7 Å². The van der Waals surface area contributed by atoms with Gasteiger partial charge in [0.1, 0.15) is 0 Å². The van der Waals surface area contributed by atoms with Crippen molar-refractivity contribution in [3.63, 3.8) is 0 Å². The van der Waals surface area contributed by atoms with Crippen LogP contribution in [0.5, 0.6) is 5.75 Å². The number of hydrogen-bond acceptors (Lipinski definition) is 2. The van der Waals surface area contributed by atoms with Crippen LogP contribution < -0.4 is 14.2 Å². The van der Waals surface area contributed by atoms with Gasteiger partial charge in [-0.25, -0.2) is 0 Å². The minimum absolute atomic E-state index is 0.852. The molecule has 0 unspecified atom stereocenters. The molecule has 33 heavy (non-hydrogen) atoms. The maximum absolute atomic E-state index is 6.19. The lowest BCUT2D eigenvalue weighted by atomic mass is 10.0. The van der Waals surface area contributed by atoms with Crippen LogP contribution >= 0.6 is 0 Å². The maximum Gasteiger partial charge on any atom is 0.219 e. The summed E-state index contributed by atoms with van der Waals surface area (Å²) in [5.41, 5.74) is 6.01. The number of anilines is 1. The molecule has 168 valence electrons. The predicted octanol–water partition coefficient (Wildman–Crippen LogP) is 7.31. The number of rotatable bonds is 5. The molecule has 1 aliphatic rings. The van der Waals surface area contributed by atoms with Gasteiger partial charge < -0.3 is 9.64 Å². The Kier molecular flexibility index (Phi) is 7.09. The van der Waals surface area contributed by atoms with E-state index in [0.29, 0.717) is 0 Å². The summed E-state index contributed by atoms with van der Waals surface area (Å²) in [6.45, 7) is 6.25. The first-order valence-corrected chi connectivity index (χ1v) is 12.0. The summed E-state index contributed by atoms with van der Waals surface area (Å²) in [5.74, 6) is 1.76. The van der Waals surface area contributed by atoms with Gasteiger partial charge in [0.15, 0.2) is 11.4 Å². The van der Waals surface area contributed by atoms with Gasteiger partial charge in [-0.05, 0) is 30.2 Å². The Morgan fingerprint density at radius 1 is 0.879 bits per heavy atom. The summed E-state index contributed by atoms with van der Waals surface area (Å²) in [6.07, 6.45) is 5.53. The zero-order valence-corrected chi connectivity index (χ0v) is 20.1. The van der Waals surface area contributed by atoms with E-state index in [1.54, 1.807) is 0 Å². The fraction of sp³-hybridized carbons (Fsp3) is 0.233. The zero-order chi connectivity index (χ0) is 23.2. The third-order valence-electron chi connectivity index (χ3n) is 5.92. The molecule has 0 radical (unpaired) electrons. The number of fused-ring (bicyclic) bond motifs is 2. The monoisotopic (exact) mass is 437 g/mol. The van der Waals surface area contributed by atoms with E-state index in [-0.39, 0.29) is 0 Å². The molecule has 3 aromatic carbocycles. The maximum atomic E-state index is 6.19. The minimum atomic E-state index is 0.852. The number of aromatic nitrogens is 1. The Bertz CT molecular complexity index is 1260.